The molecular weight excluding hydrogens is 499 g/mol. The number of hydrogen-bond donors (Lipinski definition) is 3. The third-order valence-electron chi connectivity index (χ3n) is 4.79. The summed E-state index contributed by atoms with van der Waals surface area (Å²) in [5.74, 6) is -0.367. The summed E-state index contributed by atoms with van der Waals surface area (Å²) in [6.45, 7) is 5.48. The van der Waals surface area contributed by atoms with Crippen LogP contribution < -0.4 is 15.8 Å². The lowest BCUT2D eigenvalue weighted by atomic mass is 10.1. The number of nitrogens with two attached hydrogens (primary N) is 1. The topological polar surface area (TPSA) is 156 Å². The fraction of sp³-hybridized carbons (Fsp3) is 0.273. The van der Waals surface area contributed by atoms with E-state index in [1.807, 2.05) is 26.8 Å². The van der Waals surface area contributed by atoms with Crippen molar-refractivity contribution in [1.29, 1.82) is 5.26 Å². The number of nitrogens with zero attached hydrogens (tertiary/aromatic N) is 4. The summed E-state index contributed by atoms with van der Waals surface area (Å²) in [5.41, 5.74) is 2.07. The Morgan fingerprint density at radius 2 is 1.78 bits per heavy atom. The molecule has 1 atom stereocenters. The number of halogens is 3. The van der Waals surface area contributed by atoms with E-state index in [2.05, 4.69) is 15.4 Å². The van der Waals surface area contributed by atoms with Crippen molar-refractivity contribution in [2.75, 3.05) is 10.0 Å². The quantitative estimate of drug-likeness (QED) is 0.408. The van der Waals surface area contributed by atoms with Gasteiger partial charge in [-0.3, -0.25) is 9.52 Å². The van der Waals surface area contributed by atoms with E-state index in [0.29, 0.717) is 5.56 Å². The number of carbonyl (C=O) groups is 1. The van der Waals surface area contributed by atoms with E-state index >= 15 is 0 Å². The average molecular weight is 522 g/mol. The number of alkyl halides is 3. The van der Waals surface area contributed by atoms with Gasteiger partial charge in [-0.25, -0.2) is 31.3 Å². The molecule has 0 aliphatic rings. The molecule has 1 unspecified atom stereocenters. The highest BCUT2D eigenvalue weighted by Crippen LogP contribution is 2.34. The van der Waals surface area contributed by atoms with Crippen LogP contribution in [0.1, 0.15) is 36.8 Å². The van der Waals surface area contributed by atoms with E-state index in [-0.39, 0.29) is 34.3 Å². The molecule has 190 valence electrons. The van der Waals surface area contributed by atoms with Crippen molar-refractivity contribution >= 4 is 33.3 Å². The first kappa shape index (κ1) is 26.5. The minimum atomic E-state index is -4.97. The van der Waals surface area contributed by atoms with Crippen molar-refractivity contribution in [2.45, 2.75) is 38.2 Å². The van der Waals surface area contributed by atoms with Gasteiger partial charge in [-0.05, 0) is 45.0 Å². The van der Waals surface area contributed by atoms with Gasteiger partial charge in [0.05, 0.1) is 5.54 Å². The van der Waals surface area contributed by atoms with Crippen molar-refractivity contribution < 1.29 is 26.4 Å². The normalized spacial score (nSPS) is 12.7. The maximum Gasteiger partial charge on any atom is 0.285 e. The number of benzene rings is 1. The Hall–Kier alpha value is -4.12. The van der Waals surface area contributed by atoms with Gasteiger partial charge in [0.2, 0.25) is 0 Å². The zero-order valence-electron chi connectivity index (χ0n) is 19.3. The van der Waals surface area contributed by atoms with Crippen molar-refractivity contribution in [1.82, 2.24) is 14.8 Å². The molecule has 10 nitrogen and oxygen atoms in total. The summed E-state index contributed by atoms with van der Waals surface area (Å²) in [5, 5.41) is 16.6. The number of carbonyl (C=O) groups excluding carboxylic acids is 1. The number of amides is 1. The highest BCUT2D eigenvalue weighted by atomic mass is 32.2. The van der Waals surface area contributed by atoms with Gasteiger partial charge in [-0.15, -0.1) is 0 Å². The third-order valence-corrected chi connectivity index (χ3v) is 6.11. The summed E-state index contributed by atoms with van der Waals surface area (Å²) in [6.07, 6.45) is -3.71. The molecule has 36 heavy (non-hydrogen) atoms. The minimum absolute atomic E-state index is 0.0102. The number of nitriles is 1. The van der Waals surface area contributed by atoms with Crippen LogP contribution in [0.3, 0.4) is 0 Å². The summed E-state index contributed by atoms with van der Waals surface area (Å²) >= 11 is 0. The Kier molecular flexibility index (Phi) is 7.25. The SMILES string of the molecule is CC(C)(C)n1nc(-c2ccc(NS(=O)(=O)C(F)C(F)F)cc2)c(C(N)=O)c1Nc1cccc(C#N)n1. The molecule has 4 N–H and O–H groups in total. The first-order valence-electron chi connectivity index (χ1n) is 10.4. The Balaban J connectivity index is 2.07. The van der Waals surface area contributed by atoms with Crippen LogP contribution >= 0.6 is 0 Å². The minimum Gasteiger partial charge on any atom is -0.365 e. The predicted octanol–water partition coefficient (Wildman–Crippen LogP) is 3.72. The molecule has 14 heteroatoms. The van der Waals surface area contributed by atoms with E-state index in [1.54, 1.807) is 16.9 Å². The van der Waals surface area contributed by atoms with Gasteiger partial charge < -0.3 is 11.1 Å². The second-order valence-corrected chi connectivity index (χ2v) is 10.3. The largest absolute Gasteiger partial charge is 0.365 e. The van der Waals surface area contributed by atoms with Crippen LogP contribution in [0.4, 0.5) is 30.5 Å². The van der Waals surface area contributed by atoms with Crippen molar-refractivity contribution in [3.8, 4) is 17.3 Å². The third kappa shape index (κ3) is 5.57. The molecule has 2 aromatic heterocycles. The highest BCUT2D eigenvalue weighted by molar-refractivity contribution is 7.93. The van der Waals surface area contributed by atoms with Gasteiger partial charge in [0.25, 0.3) is 27.9 Å². The zero-order valence-corrected chi connectivity index (χ0v) is 20.1. The first-order valence-corrected chi connectivity index (χ1v) is 11.9. The first-order chi connectivity index (χ1) is 16.7. The summed E-state index contributed by atoms with van der Waals surface area (Å²) in [7, 11) is -4.97. The Bertz CT molecular complexity index is 1430. The molecule has 1 amide bonds. The van der Waals surface area contributed by atoms with Gasteiger partial charge in [0.1, 0.15) is 34.7 Å². The Labute approximate surface area is 205 Å². The molecule has 0 saturated heterocycles. The van der Waals surface area contributed by atoms with Gasteiger partial charge in [0, 0.05) is 11.3 Å². The second-order valence-electron chi connectivity index (χ2n) is 8.57. The summed E-state index contributed by atoms with van der Waals surface area (Å²) in [4.78, 5) is 16.7. The summed E-state index contributed by atoms with van der Waals surface area (Å²) in [6, 6.07) is 11.8. The summed E-state index contributed by atoms with van der Waals surface area (Å²) < 4.78 is 65.1. The van der Waals surface area contributed by atoms with Crippen LogP contribution in [0.2, 0.25) is 0 Å². The van der Waals surface area contributed by atoms with Crippen LogP contribution in [0.15, 0.2) is 42.5 Å². The number of primary amides is 1. The monoisotopic (exact) mass is 521 g/mol. The smallest absolute Gasteiger partial charge is 0.285 e. The number of anilines is 3. The van der Waals surface area contributed by atoms with Gasteiger partial charge in [0.15, 0.2) is 0 Å². The Morgan fingerprint density at radius 1 is 1.14 bits per heavy atom. The highest BCUT2D eigenvalue weighted by Gasteiger charge is 2.34. The zero-order chi connectivity index (χ0) is 26.8. The molecule has 0 aliphatic heterocycles. The number of hydrogen-bond acceptors (Lipinski definition) is 7. The van der Waals surface area contributed by atoms with Crippen LogP contribution in [-0.2, 0) is 15.6 Å². The van der Waals surface area contributed by atoms with Gasteiger partial charge in [-0.2, -0.15) is 10.4 Å². The van der Waals surface area contributed by atoms with Crippen molar-refractivity contribution in [3.63, 3.8) is 0 Å². The molecule has 0 aliphatic carbocycles. The molecule has 0 fully saturated rings. The van der Waals surface area contributed by atoms with Gasteiger partial charge >= 0.3 is 0 Å². The molecule has 0 bridgehead atoms. The fourth-order valence-corrected chi connectivity index (χ4v) is 4.04. The second kappa shape index (κ2) is 9.86. The lowest BCUT2D eigenvalue weighted by Crippen LogP contribution is -2.29. The number of nitrogens with one attached hydrogen (secondary N) is 2. The van der Waals surface area contributed by atoms with Crippen LogP contribution in [0.5, 0.6) is 0 Å². The number of pyridine rings is 1. The van der Waals surface area contributed by atoms with E-state index in [1.165, 1.54) is 35.0 Å². The van der Waals surface area contributed by atoms with Crippen molar-refractivity contribution in [3.05, 3.63) is 53.7 Å². The number of rotatable bonds is 8. The molecular formula is C22H22F3N7O3S. The van der Waals surface area contributed by atoms with Crippen molar-refractivity contribution in [2.24, 2.45) is 5.73 Å². The standard InChI is InChI=1S/C22H22F3N7O3S/c1-22(2,3)32-21(29-15-6-4-5-14(11-26)28-15)16(20(27)33)17(30-32)12-7-9-13(10-8-12)31-36(34,35)19(25)18(23)24/h4-10,18-19,31H,1-3H3,(H2,27,33)(H,28,29). The van der Waals surface area contributed by atoms with E-state index in [4.69, 9.17) is 11.0 Å². The van der Waals surface area contributed by atoms with Crippen LogP contribution in [-0.4, -0.2) is 41.0 Å². The molecule has 2 heterocycles. The lowest BCUT2D eigenvalue weighted by molar-refractivity contribution is 0.0905. The molecule has 3 rings (SSSR count). The Morgan fingerprint density at radius 3 is 2.31 bits per heavy atom. The van der Waals surface area contributed by atoms with Gasteiger partial charge in [-0.1, -0.05) is 18.2 Å². The number of aromatic nitrogens is 3. The van der Waals surface area contributed by atoms with E-state index in [9.17, 15) is 26.4 Å². The maximum atomic E-state index is 13.4. The predicted molar refractivity (Wildman–Crippen MR) is 127 cm³/mol. The van der Waals surface area contributed by atoms with Crippen LogP contribution in [0.25, 0.3) is 11.3 Å². The number of sulfonamides is 1. The van der Waals surface area contributed by atoms with E-state index in [0.717, 1.165) is 0 Å². The molecule has 0 radical (unpaired) electrons. The van der Waals surface area contributed by atoms with E-state index < -0.39 is 33.4 Å². The molecule has 1 aromatic carbocycles. The molecule has 0 spiro atoms. The van der Waals surface area contributed by atoms with Crippen LogP contribution in [0, 0.1) is 11.3 Å². The lowest BCUT2D eigenvalue weighted by Gasteiger charge is -2.23. The average Bonchev–Trinajstić information content (AvgIpc) is 3.18. The molecule has 3 aromatic rings. The maximum absolute atomic E-state index is 13.4. The fourth-order valence-electron chi connectivity index (χ4n) is 3.19. The molecule has 0 saturated carbocycles.